The average Bonchev–Trinajstić information content (AvgIpc) is 2.32. The summed E-state index contributed by atoms with van der Waals surface area (Å²) in [5, 5.41) is 6.07. The van der Waals surface area contributed by atoms with Crippen molar-refractivity contribution in [3.05, 3.63) is 28.2 Å². The zero-order chi connectivity index (χ0) is 11.9. The molecule has 2 aliphatic rings. The van der Waals surface area contributed by atoms with Crippen molar-refractivity contribution in [3.8, 4) is 0 Å². The van der Waals surface area contributed by atoms with Gasteiger partial charge in [-0.1, -0.05) is 12.1 Å². The van der Waals surface area contributed by atoms with Gasteiger partial charge in [0.1, 0.15) is 0 Å². The molecule has 90 valence electrons. The molecule has 2 heterocycles. The molecule has 0 aliphatic carbocycles. The summed E-state index contributed by atoms with van der Waals surface area (Å²) >= 11 is 3.47. The number of benzene rings is 1. The Labute approximate surface area is 108 Å². The molecule has 1 spiro atoms. The zero-order valence-corrected chi connectivity index (χ0v) is 10.8. The number of halogens is 1. The Morgan fingerprint density at radius 1 is 1.41 bits per heavy atom. The van der Waals surface area contributed by atoms with Crippen molar-refractivity contribution in [2.75, 3.05) is 18.4 Å². The highest BCUT2D eigenvalue weighted by molar-refractivity contribution is 9.10. The molecule has 1 saturated heterocycles. The highest BCUT2D eigenvalue weighted by atomic mass is 79.9. The van der Waals surface area contributed by atoms with Gasteiger partial charge in [-0.25, -0.2) is 4.79 Å². The van der Waals surface area contributed by atoms with Crippen molar-refractivity contribution in [2.24, 2.45) is 0 Å². The number of carbonyl (C=O) groups excluding carboxylic acids is 1. The van der Waals surface area contributed by atoms with Crippen molar-refractivity contribution in [2.45, 2.75) is 18.4 Å². The number of anilines is 1. The molecule has 1 unspecified atom stereocenters. The van der Waals surface area contributed by atoms with Crippen LogP contribution in [0.2, 0.25) is 0 Å². The molecule has 1 amide bonds. The van der Waals surface area contributed by atoms with Crippen LogP contribution in [0.25, 0.3) is 0 Å². The lowest BCUT2D eigenvalue weighted by Gasteiger charge is -2.41. The SMILES string of the molecule is O=C1Nc2c(Br)cccc2C2(CCCNC2)O1. The Bertz CT molecular complexity index is 470. The number of amides is 1. The third kappa shape index (κ3) is 1.73. The summed E-state index contributed by atoms with van der Waals surface area (Å²) in [6.45, 7) is 1.67. The minimum absolute atomic E-state index is 0.367. The van der Waals surface area contributed by atoms with E-state index < -0.39 is 5.60 Å². The molecule has 4 nitrogen and oxygen atoms in total. The fraction of sp³-hybridized carbons (Fsp3) is 0.417. The maximum Gasteiger partial charge on any atom is 0.412 e. The molecule has 5 heteroatoms. The van der Waals surface area contributed by atoms with Gasteiger partial charge in [-0.3, -0.25) is 5.32 Å². The van der Waals surface area contributed by atoms with Crippen LogP contribution in [-0.4, -0.2) is 19.2 Å². The maximum absolute atomic E-state index is 11.7. The van der Waals surface area contributed by atoms with E-state index in [1.165, 1.54) is 0 Å². The number of piperidine rings is 1. The van der Waals surface area contributed by atoms with Crippen LogP contribution in [0.4, 0.5) is 10.5 Å². The van der Waals surface area contributed by atoms with E-state index >= 15 is 0 Å². The quantitative estimate of drug-likeness (QED) is 0.774. The van der Waals surface area contributed by atoms with E-state index in [0.717, 1.165) is 35.1 Å². The third-order valence-corrected chi connectivity index (χ3v) is 4.03. The molecule has 0 radical (unpaired) electrons. The number of ether oxygens (including phenoxy) is 1. The smallest absolute Gasteiger partial charge is 0.412 e. The molecule has 0 aromatic heterocycles. The van der Waals surface area contributed by atoms with Crippen LogP contribution < -0.4 is 10.6 Å². The van der Waals surface area contributed by atoms with Gasteiger partial charge in [0.2, 0.25) is 0 Å². The van der Waals surface area contributed by atoms with Gasteiger partial charge < -0.3 is 10.1 Å². The largest absolute Gasteiger partial charge is 0.436 e. The van der Waals surface area contributed by atoms with Gasteiger partial charge in [-0.2, -0.15) is 0 Å². The van der Waals surface area contributed by atoms with Crippen LogP contribution in [0.1, 0.15) is 18.4 Å². The number of hydrogen-bond acceptors (Lipinski definition) is 3. The van der Waals surface area contributed by atoms with Crippen molar-refractivity contribution in [3.63, 3.8) is 0 Å². The van der Waals surface area contributed by atoms with Crippen molar-refractivity contribution in [1.29, 1.82) is 0 Å². The molecule has 1 atom stereocenters. The zero-order valence-electron chi connectivity index (χ0n) is 9.25. The predicted molar refractivity (Wildman–Crippen MR) is 68.0 cm³/mol. The minimum atomic E-state index is -0.500. The van der Waals surface area contributed by atoms with Crippen LogP contribution in [-0.2, 0) is 10.3 Å². The first-order valence-electron chi connectivity index (χ1n) is 5.71. The first kappa shape index (κ1) is 11.0. The summed E-state index contributed by atoms with van der Waals surface area (Å²) in [4.78, 5) is 11.7. The van der Waals surface area contributed by atoms with Crippen molar-refractivity contribution >= 4 is 27.7 Å². The molecule has 2 N–H and O–H groups in total. The average molecular weight is 297 g/mol. The van der Waals surface area contributed by atoms with E-state index in [2.05, 4.69) is 26.6 Å². The number of para-hydroxylation sites is 1. The van der Waals surface area contributed by atoms with E-state index in [1.807, 2.05) is 18.2 Å². The van der Waals surface area contributed by atoms with Gasteiger partial charge >= 0.3 is 6.09 Å². The van der Waals surface area contributed by atoms with Gasteiger partial charge in [0.15, 0.2) is 5.60 Å². The Morgan fingerprint density at radius 2 is 2.29 bits per heavy atom. The second kappa shape index (κ2) is 3.99. The first-order chi connectivity index (χ1) is 8.21. The fourth-order valence-corrected chi connectivity index (χ4v) is 3.05. The van der Waals surface area contributed by atoms with E-state index in [9.17, 15) is 4.79 Å². The Kier molecular flexibility index (Phi) is 2.60. The highest BCUT2D eigenvalue weighted by Crippen LogP contribution is 2.43. The van der Waals surface area contributed by atoms with Crippen LogP contribution in [0, 0.1) is 0 Å². The summed E-state index contributed by atoms with van der Waals surface area (Å²) < 4.78 is 6.46. The van der Waals surface area contributed by atoms with Crippen molar-refractivity contribution < 1.29 is 9.53 Å². The Morgan fingerprint density at radius 3 is 3.06 bits per heavy atom. The minimum Gasteiger partial charge on any atom is -0.436 e. The summed E-state index contributed by atoms with van der Waals surface area (Å²) in [5.41, 5.74) is 1.39. The number of rotatable bonds is 0. The van der Waals surface area contributed by atoms with Gasteiger partial charge in [-0.05, 0) is 41.4 Å². The molecule has 0 saturated carbocycles. The second-order valence-electron chi connectivity index (χ2n) is 4.45. The molecule has 3 rings (SSSR count). The van der Waals surface area contributed by atoms with E-state index in [-0.39, 0.29) is 6.09 Å². The van der Waals surface area contributed by atoms with E-state index in [0.29, 0.717) is 6.54 Å². The summed E-state index contributed by atoms with van der Waals surface area (Å²) in [5.74, 6) is 0. The molecule has 1 aromatic carbocycles. The van der Waals surface area contributed by atoms with Gasteiger partial charge in [0.05, 0.1) is 5.69 Å². The lowest BCUT2D eigenvalue weighted by molar-refractivity contribution is -0.00731. The Balaban J connectivity index is 2.13. The van der Waals surface area contributed by atoms with Crippen LogP contribution in [0.3, 0.4) is 0 Å². The number of fused-ring (bicyclic) bond motifs is 2. The number of hydrogen-bond donors (Lipinski definition) is 2. The standard InChI is InChI=1S/C12H13BrN2O2/c13-9-4-1-3-8-10(9)15-11(16)17-12(8)5-2-6-14-7-12/h1,3-4,14H,2,5-7H2,(H,15,16). The molecular weight excluding hydrogens is 284 g/mol. The maximum atomic E-state index is 11.7. The van der Waals surface area contributed by atoms with E-state index in [4.69, 9.17) is 4.74 Å². The van der Waals surface area contributed by atoms with Gasteiger partial charge in [0, 0.05) is 16.6 Å². The molecular formula is C12H13BrN2O2. The normalized spacial score (nSPS) is 27.2. The summed E-state index contributed by atoms with van der Waals surface area (Å²) in [6.07, 6.45) is 1.52. The van der Waals surface area contributed by atoms with E-state index in [1.54, 1.807) is 0 Å². The van der Waals surface area contributed by atoms with Crippen LogP contribution >= 0.6 is 15.9 Å². The van der Waals surface area contributed by atoms with Gasteiger partial charge in [-0.15, -0.1) is 0 Å². The summed E-state index contributed by atoms with van der Waals surface area (Å²) in [7, 11) is 0. The number of nitrogens with one attached hydrogen (secondary N) is 2. The fourth-order valence-electron chi connectivity index (χ4n) is 2.59. The second-order valence-corrected chi connectivity index (χ2v) is 5.31. The topological polar surface area (TPSA) is 50.4 Å². The molecule has 0 bridgehead atoms. The monoisotopic (exact) mass is 296 g/mol. The van der Waals surface area contributed by atoms with Gasteiger partial charge in [0.25, 0.3) is 0 Å². The molecule has 17 heavy (non-hydrogen) atoms. The highest BCUT2D eigenvalue weighted by Gasteiger charge is 2.43. The predicted octanol–water partition coefficient (Wildman–Crippen LogP) is 2.59. The first-order valence-corrected chi connectivity index (χ1v) is 6.50. The lowest BCUT2D eigenvalue weighted by Crippen LogP contribution is -2.49. The molecule has 1 fully saturated rings. The Hall–Kier alpha value is -1.07. The molecule has 1 aromatic rings. The molecule has 2 aliphatic heterocycles. The van der Waals surface area contributed by atoms with Crippen molar-refractivity contribution in [1.82, 2.24) is 5.32 Å². The third-order valence-electron chi connectivity index (χ3n) is 3.36. The number of carbonyl (C=O) groups is 1. The lowest BCUT2D eigenvalue weighted by atomic mass is 9.84. The van der Waals surface area contributed by atoms with Crippen LogP contribution in [0.5, 0.6) is 0 Å². The van der Waals surface area contributed by atoms with Crippen LogP contribution in [0.15, 0.2) is 22.7 Å². The summed E-state index contributed by atoms with van der Waals surface area (Å²) in [6, 6.07) is 5.92.